The molecular weight excluding hydrogens is 152 g/mol. The molecule has 0 aliphatic carbocycles. The molecule has 0 saturated carbocycles. The average Bonchev–Trinajstić information content (AvgIpc) is 1.98. The normalized spacial score (nSPS) is 13.8. The van der Waals surface area contributed by atoms with Gasteiger partial charge in [-0.2, -0.15) is 0 Å². The summed E-state index contributed by atoms with van der Waals surface area (Å²) in [6, 6.07) is 0. The number of rotatable bonds is 7. The molecule has 0 heterocycles. The molecule has 0 rings (SSSR count). The van der Waals surface area contributed by atoms with Crippen molar-refractivity contribution in [3.8, 4) is 0 Å². The van der Waals surface area contributed by atoms with E-state index in [0.29, 0.717) is 12.5 Å². The summed E-state index contributed by atoms with van der Waals surface area (Å²) in [4.78, 5) is 10.2. The minimum Gasteiger partial charge on any atom is -0.236 e. The smallest absolute Gasteiger partial charge is 0.0901 e. The van der Waals surface area contributed by atoms with Gasteiger partial charge in [0.05, 0.1) is 12.7 Å². The van der Waals surface area contributed by atoms with Gasteiger partial charge in [0.15, 0.2) is 0 Å². The lowest BCUT2D eigenvalue weighted by Gasteiger charge is -2.11. The first-order valence-corrected chi connectivity index (χ1v) is 4.95. The van der Waals surface area contributed by atoms with Crippen LogP contribution in [-0.2, 0) is 9.78 Å². The minimum atomic E-state index is 0.238. The second kappa shape index (κ2) is 7.56. The maximum atomic E-state index is 5.13. The van der Waals surface area contributed by atoms with Gasteiger partial charge in [-0.3, -0.25) is 0 Å². The first-order chi connectivity index (χ1) is 5.66. The topological polar surface area (TPSA) is 18.5 Å². The molecule has 0 fully saturated rings. The van der Waals surface area contributed by atoms with Crippen LogP contribution in [0.5, 0.6) is 0 Å². The lowest BCUT2D eigenvalue weighted by atomic mass is 10.1. The summed E-state index contributed by atoms with van der Waals surface area (Å²) in [5.41, 5.74) is 0. The molecule has 2 heteroatoms. The van der Waals surface area contributed by atoms with Gasteiger partial charge in [-0.15, -0.1) is 0 Å². The largest absolute Gasteiger partial charge is 0.236 e. The van der Waals surface area contributed by atoms with E-state index in [9.17, 15) is 0 Å². The van der Waals surface area contributed by atoms with Gasteiger partial charge < -0.3 is 0 Å². The van der Waals surface area contributed by atoms with Gasteiger partial charge in [0.1, 0.15) is 0 Å². The highest BCUT2D eigenvalue weighted by Gasteiger charge is 2.01. The SMILES string of the molecule is CCCC(C)OOCCC(C)C. The molecule has 1 unspecified atom stereocenters. The predicted molar refractivity (Wildman–Crippen MR) is 50.9 cm³/mol. The van der Waals surface area contributed by atoms with Gasteiger partial charge in [0.2, 0.25) is 0 Å². The van der Waals surface area contributed by atoms with E-state index in [-0.39, 0.29) is 6.10 Å². The Balaban J connectivity index is 3.08. The second-order valence-electron chi connectivity index (χ2n) is 3.70. The Morgan fingerprint density at radius 3 is 2.25 bits per heavy atom. The van der Waals surface area contributed by atoms with E-state index in [1.807, 2.05) is 6.92 Å². The fourth-order valence-electron chi connectivity index (χ4n) is 0.903. The summed E-state index contributed by atoms with van der Waals surface area (Å²) >= 11 is 0. The molecule has 74 valence electrons. The Kier molecular flexibility index (Phi) is 7.51. The predicted octanol–water partition coefficient (Wildman–Crippen LogP) is 3.17. The fourth-order valence-corrected chi connectivity index (χ4v) is 0.903. The molecule has 0 spiro atoms. The molecule has 1 atom stereocenters. The Morgan fingerprint density at radius 2 is 1.75 bits per heavy atom. The molecule has 0 N–H and O–H groups in total. The van der Waals surface area contributed by atoms with Crippen molar-refractivity contribution >= 4 is 0 Å². The average molecular weight is 174 g/mol. The molecule has 0 aromatic carbocycles. The van der Waals surface area contributed by atoms with Gasteiger partial charge in [-0.25, -0.2) is 9.78 Å². The van der Waals surface area contributed by atoms with Crippen LogP contribution in [0, 0.1) is 5.92 Å². The van der Waals surface area contributed by atoms with E-state index in [1.54, 1.807) is 0 Å². The lowest BCUT2D eigenvalue weighted by Crippen LogP contribution is -2.09. The van der Waals surface area contributed by atoms with E-state index in [2.05, 4.69) is 20.8 Å². The van der Waals surface area contributed by atoms with Gasteiger partial charge in [0.25, 0.3) is 0 Å². The minimum absolute atomic E-state index is 0.238. The quantitative estimate of drug-likeness (QED) is 0.335. The lowest BCUT2D eigenvalue weighted by molar-refractivity contribution is -0.322. The Bertz CT molecular complexity index is 91.8. The zero-order chi connectivity index (χ0) is 9.40. The molecule has 0 radical (unpaired) electrons. The van der Waals surface area contributed by atoms with Crippen molar-refractivity contribution in [1.29, 1.82) is 0 Å². The summed E-state index contributed by atoms with van der Waals surface area (Å²) in [6.07, 6.45) is 3.53. The van der Waals surface area contributed by atoms with E-state index >= 15 is 0 Å². The van der Waals surface area contributed by atoms with Gasteiger partial charge in [0, 0.05) is 0 Å². The summed E-state index contributed by atoms with van der Waals surface area (Å²) in [5.74, 6) is 0.690. The molecular formula is C10H22O2. The van der Waals surface area contributed by atoms with E-state index in [0.717, 1.165) is 19.3 Å². The molecule has 0 amide bonds. The second-order valence-corrected chi connectivity index (χ2v) is 3.70. The van der Waals surface area contributed by atoms with Crippen LogP contribution in [0.3, 0.4) is 0 Å². The third-order valence-electron chi connectivity index (χ3n) is 1.71. The Morgan fingerprint density at radius 1 is 1.08 bits per heavy atom. The standard InChI is InChI=1S/C10H22O2/c1-5-6-10(4)12-11-8-7-9(2)3/h9-10H,5-8H2,1-4H3. The van der Waals surface area contributed by atoms with Crippen LogP contribution in [0.4, 0.5) is 0 Å². The van der Waals surface area contributed by atoms with Crippen LogP contribution < -0.4 is 0 Å². The highest BCUT2D eigenvalue weighted by molar-refractivity contribution is 4.44. The van der Waals surface area contributed by atoms with Gasteiger partial charge in [-0.1, -0.05) is 27.2 Å². The first kappa shape index (κ1) is 11.9. The van der Waals surface area contributed by atoms with Crippen molar-refractivity contribution < 1.29 is 9.78 Å². The van der Waals surface area contributed by atoms with Crippen LogP contribution in [0.15, 0.2) is 0 Å². The van der Waals surface area contributed by atoms with Crippen molar-refractivity contribution in [3.63, 3.8) is 0 Å². The third kappa shape index (κ3) is 8.02. The maximum Gasteiger partial charge on any atom is 0.0901 e. The van der Waals surface area contributed by atoms with Crippen molar-refractivity contribution in [2.24, 2.45) is 5.92 Å². The van der Waals surface area contributed by atoms with Gasteiger partial charge >= 0.3 is 0 Å². The molecule has 0 saturated heterocycles. The van der Waals surface area contributed by atoms with E-state index in [4.69, 9.17) is 9.78 Å². The van der Waals surface area contributed by atoms with Crippen molar-refractivity contribution in [2.45, 2.75) is 53.1 Å². The first-order valence-electron chi connectivity index (χ1n) is 4.95. The molecule has 0 bridgehead atoms. The summed E-state index contributed by atoms with van der Waals surface area (Å²) in [6.45, 7) is 9.26. The zero-order valence-electron chi connectivity index (χ0n) is 8.80. The van der Waals surface area contributed by atoms with Crippen molar-refractivity contribution in [1.82, 2.24) is 0 Å². The van der Waals surface area contributed by atoms with Gasteiger partial charge in [-0.05, 0) is 25.7 Å². The molecule has 12 heavy (non-hydrogen) atoms. The molecule has 0 aromatic rings. The van der Waals surface area contributed by atoms with Crippen molar-refractivity contribution in [2.75, 3.05) is 6.61 Å². The van der Waals surface area contributed by atoms with Crippen LogP contribution >= 0.6 is 0 Å². The maximum absolute atomic E-state index is 5.13. The van der Waals surface area contributed by atoms with Crippen LogP contribution in [-0.4, -0.2) is 12.7 Å². The Labute approximate surface area is 76.2 Å². The van der Waals surface area contributed by atoms with E-state index in [1.165, 1.54) is 0 Å². The molecule has 2 nitrogen and oxygen atoms in total. The monoisotopic (exact) mass is 174 g/mol. The summed E-state index contributed by atoms with van der Waals surface area (Å²) in [7, 11) is 0. The highest BCUT2D eigenvalue weighted by Crippen LogP contribution is 2.03. The molecule has 0 aliphatic rings. The van der Waals surface area contributed by atoms with Crippen LogP contribution in [0.25, 0.3) is 0 Å². The van der Waals surface area contributed by atoms with E-state index < -0.39 is 0 Å². The van der Waals surface area contributed by atoms with Crippen molar-refractivity contribution in [3.05, 3.63) is 0 Å². The number of hydrogen-bond acceptors (Lipinski definition) is 2. The third-order valence-corrected chi connectivity index (χ3v) is 1.71. The summed E-state index contributed by atoms with van der Waals surface area (Å²) in [5, 5.41) is 0. The molecule has 0 aliphatic heterocycles. The molecule has 0 aromatic heterocycles. The summed E-state index contributed by atoms with van der Waals surface area (Å²) < 4.78 is 0. The van der Waals surface area contributed by atoms with Crippen LogP contribution in [0.2, 0.25) is 0 Å². The Hall–Kier alpha value is -0.0800. The van der Waals surface area contributed by atoms with Crippen LogP contribution in [0.1, 0.15) is 47.0 Å². The highest BCUT2D eigenvalue weighted by atomic mass is 17.2. The number of hydrogen-bond donors (Lipinski definition) is 0. The zero-order valence-corrected chi connectivity index (χ0v) is 8.80. The fraction of sp³-hybridized carbons (Fsp3) is 1.00.